The minimum Gasteiger partial charge on any atom is -0.366 e. The molecule has 0 amide bonds. The lowest BCUT2D eigenvalue weighted by atomic mass is 9.79. The van der Waals surface area contributed by atoms with Crippen LogP contribution >= 0.6 is 15.9 Å². The first-order valence-corrected chi connectivity index (χ1v) is 9.83. The van der Waals surface area contributed by atoms with Gasteiger partial charge < -0.3 is 4.90 Å². The van der Waals surface area contributed by atoms with E-state index in [2.05, 4.69) is 72.6 Å². The molecule has 0 saturated carbocycles. The van der Waals surface area contributed by atoms with Crippen molar-refractivity contribution in [3.05, 3.63) is 57.6 Å². The first kappa shape index (κ1) is 18.2. The summed E-state index contributed by atoms with van der Waals surface area (Å²) in [6.45, 7) is 12.5. The number of halogens is 1. The fourth-order valence-corrected chi connectivity index (χ4v) is 4.32. The van der Waals surface area contributed by atoms with Gasteiger partial charge in [-0.1, -0.05) is 22.9 Å². The maximum atomic E-state index is 4.66. The molecular weight excluding hydrogens is 372 g/mol. The quantitative estimate of drug-likeness (QED) is 0.530. The zero-order valence-electron chi connectivity index (χ0n) is 15.8. The fourth-order valence-electron chi connectivity index (χ4n) is 4.06. The summed E-state index contributed by atoms with van der Waals surface area (Å²) in [5.74, 6) is 0.563. The van der Waals surface area contributed by atoms with Gasteiger partial charge >= 0.3 is 0 Å². The smallest absolute Gasteiger partial charge is 0.0630 e. The molecule has 0 unspecified atom stereocenters. The Morgan fingerprint density at radius 1 is 1.24 bits per heavy atom. The largest absolute Gasteiger partial charge is 0.366 e. The summed E-state index contributed by atoms with van der Waals surface area (Å²) in [5, 5.41) is 0. The van der Waals surface area contributed by atoms with Crippen molar-refractivity contribution < 1.29 is 0 Å². The van der Waals surface area contributed by atoms with Crippen LogP contribution in [0.15, 0.2) is 45.9 Å². The molecule has 0 fully saturated rings. The van der Waals surface area contributed by atoms with Crippen molar-refractivity contribution >= 4 is 33.5 Å². The van der Waals surface area contributed by atoms with Crippen LogP contribution < -0.4 is 4.90 Å². The highest BCUT2D eigenvalue weighted by Gasteiger charge is 2.35. The summed E-state index contributed by atoms with van der Waals surface area (Å²) < 4.78 is 1.08. The number of benzene rings is 2. The Hall–Kier alpha value is -1.61. The van der Waals surface area contributed by atoms with Crippen molar-refractivity contribution in [1.29, 1.82) is 0 Å². The minimum atomic E-state index is 0.209. The minimum absolute atomic E-state index is 0.209. The first-order chi connectivity index (χ1) is 11.8. The van der Waals surface area contributed by atoms with Crippen molar-refractivity contribution in [2.24, 2.45) is 4.99 Å². The summed E-state index contributed by atoms with van der Waals surface area (Å²) in [4.78, 5) is 7.21. The number of aryl methyl sites for hydroxylation is 1. The predicted octanol–water partition coefficient (Wildman–Crippen LogP) is 6.62. The van der Waals surface area contributed by atoms with Crippen LogP contribution in [0.25, 0.3) is 0 Å². The molecule has 1 heterocycles. The van der Waals surface area contributed by atoms with Gasteiger partial charge in [-0.15, -0.1) is 0 Å². The molecule has 0 saturated heterocycles. The molecule has 1 aliphatic heterocycles. The van der Waals surface area contributed by atoms with E-state index in [1.54, 1.807) is 0 Å². The van der Waals surface area contributed by atoms with Gasteiger partial charge in [0.25, 0.3) is 0 Å². The third kappa shape index (κ3) is 3.67. The second kappa shape index (κ2) is 6.95. The van der Waals surface area contributed by atoms with Crippen LogP contribution in [0.5, 0.6) is 0 Å². The molecule has 132 valence electrons. The van der Waals surface area contributed by atoms with Gasteiger partial charge in [0.2, 0.25) is 0 Å². The van der Waals surface area contributed by atoms with Crippen LogP contribution in [0, 0.1) is 6.92 Å². The molecule has 2 aromatic carbocycles. The van der Waals surface area contributed by atoms with E-state index in [9.17, 15) is 0 Å². The average Bonchev–Trinajstić information content (AvgIpc) is 2.54. The van der Waals surface area contributed by atoms with Crippen LogP contribution in [0.2, 0.25) is 0 Å². The maximum absolute atomic E-state index is 4.66. The zero-order valence-corrected chi connectivity index (χ0v) is 17.4. The van der Waals surface area contributed by atoms with Crippen LogP contribution in [0.1, 0.15) is 56.7 Å². The van der Waals surface area contributed by atoms with E-state index in [0.717, 1.165) is 16.7 Å². The molecule has 2 nitrogen and oxygen atoms in total. The summed E-state index contributed by atoms with van der Waals surface area (Å²) in [5.41, 5.74) is 6.52. The van der Waals surface area contributed by atoms with Crippen molar-refractivity contribution in [2.45, 2.75) is 52.5 Å². The van der Waals surface area contributed by atoms with Gasteiger partial charge in [0.15, 0.2) is 0 Å². The lowest BCUT2D eigenvalue weighted by Crippen LogP contribution is -2.48. The highest BCUT2D eigenvalue weighted by atomic mass is 79.9. The molecule has 0 aromatic heterocycles. The van der Waals surface area contributed by atoms with Gasteiger partial charge in [0.1, 0.15) is 0 Å². The highest BCUT2D eigenvalue weighted by Crippen LogP contribution is 2.44. The van der Waals surface area contributed by atoms with Gasteiger partial charge in [-0.05, 0) is 93.1 Å². The molecule has 1 aliphatic rings. The Bertz CT molecular complexity index is 790. The van der Waals surface area contributed by atoms with Gasteiger partial charge in [0, 0.05) is 28.5 Å². The van der Waals surface area contributed by atoms with Crippen molar-refractivity contribution in [3.8, 4) is 0 Å². The second-order valence-corrected chi connectivity index (χ2v) is 8.58. The van der Waals surface area contributed by atoms with Gasteiger partial charge in [0.05, 0.1) is 5.69 Å². The summed E-state index contributed by atoms with van der Waals surface area (Å²) in [6.07, 6.45) is 3.18. The molecule has 0 radical (unpaired) electrons. The van der Waals surface area contributed by atoms with Crippen LogP contribution in [-0.4, -0.2) is 18.3 Å². The Morgan fingerprint density at radius 3 is 2.56 bits per heavy atom. The Balaban J connectivity index is 1.99. The Morgan fingerprint density at radius 2 is 1.92 bits per heavy atom. The molecular formula is C22H27BrN2. The van der Waals surface area contributed by atoms with Crippen LogP contribution in [0.3, 0.4) is 0 Å². The second-order valence-electron chi connectivity index (χ2n) is 7.66. The van der Waals surface area contributed by atoms with E-state index in [1.165, 1.54) is 28.8 Å². The van der Waals surface area contributed by atoms with E-state index in [0.29, 0.717) is 5.92 Å². The van der Waals surface area contributed by atoms with Crippen LogP contribution in [-0.2, 0) is 0 Å². The molecule has 3 rings (SSSR count). The van der Waals surface area contributed by atoms with Crippen molar-refractivity contribution in [2.75, 3.05) is 11.4 Å². The molecule has 25 heavy (non-hydrogen) atoms. The molecule has 1 atom stereocenters. The lowest BCUT2D eigenvalue weighted by Gasteiger charge is -2.47. The monoisotopic (exact) mass is 398 g/mol. The van der Waals surface area contributed by atoms with Crippen molar-refractivity contribution in [1.82, 2.24) is 0 Å². The first-order valence-electron chi connectivity index (χ1n) is 9.03. The Labute approximate surface area is 160 Å². The van der Waals surface area contributed by atoms with E-state index in [4.69, 9.17) is 0 Å². The number of aliphatic imine (C=N–C) groups is 1. The number of hydrogen-bond donors (Lipinski definition) is 0. The zero-order chi connectivity index (χ0) is 18.2. The molecule has 0 spiro atoms. The van der Waals surface area contributed by atoms with Gasteiger partial charge in [-0.2, -0.15) is 0 Å². The normalized spacial score (nSPS) is 19.3. The number of fused-ring (bicyclic) bond motifs is 1. The van der Waals surface area contributed by atoms with E-state index < -0.39 is 0 Å². The lowest BCUT2D eigenvalue weighted by molar-refractivity contribution is 0.381. The Kier molecular flexibility index (Phi) is 5.06. The van der Waals surface area contributed by atoms with E-state index in [1.807, 2.05) is 30.5 Å². The summed E-state index contributed by atoms with van der Waals surface area (Å²) in [6, 6.07) is 12.8. The number of rotatable bonds is 3. The van der Waals surface area contributed by atoms with E-state index in [-0.39, 0.29) is 5.54 Å². The summed E-state index contributed by atoms with van der Waals surface area (Å²) in [7, 11) is 0. The third-order valence-corrected chi connectivity index (χ3v) is 5.80. The highest BCUT2D eigenvalue weighted by molar-refractivity contribution is 9.10. The molecule has 0 bridgehead atoms. The topological polar surface area (TPSA) is 15.6 Å². The van der Waals surface area contributed by atoms with E-state index >= 15 is 0 Å². The van der Waals surface area contributed by atoms with Gasteiger partial charge in [-0.25, -0.2) is 0 Å². The predicted molar refractivity (Wildman–Crippen MR) is 113 cm³/mol. The molecule has 0 N–H and O–H groups in total. The SMILES string of the molecule is CCN1c2cc(C)c(C=Nc3ccc(Br)cc3)cc2[C@@H](C)CC1(C)C. The number of hydrogen-bond acceptors (Lipinski definition) is 2. The fraction of sp³-hybridized carbons (Fsp3) is 0.409. The van der Waals surface area contributed by atoms with Crippen molar-refractivity contribution in [3.63, 3.8) is 0 Å². The number of anilines is 1. The molecule has 2 aromatic rings. The number of nitrogens with zero attached hydrogens (tertiary/aromatic N) is 2. The average molecular weight is 399 g/mol. The van der Waals surface area contributed by atoms with Gasteiger partial charge in [-0.3, -0.25) is 4.99 Å². The third-order valence-electron chi connectivity index (χ3n) is 5.27. The maximum Gasteiger partial charge on any atom is 0.0630 e. The van der Waals surface area contributed by atoms with Crippen LogP contribution in [0.4, 0.5) is 11.4 Å². The standard InChI is InChI=1S/C22H27BrN2/c1-6-25-21-11-15(2)17(12-20(21)16(3)13-22(25,4)5)14-24-19-9-7-18(23)8-10-19/h7-12,14,16H,6,13H2,1-5H3/t16-/m0/s1. The molecule has 3 heteroatoms. The summed E-state index contributed by atoms with van der Waals surface area (Å²) >= 11 is 3.47. The molecule has 0 aliphatic carbocycles.